The zero-order valence-electron chi connectivity index (χ0n) is 11.0. The number of nitrogens with zero attached hydrogens (tertiary/aromatic N) is 3. The molecule has 0 spiro atoms. The van der Waals surface area contributed by atoms with Gasteiger partial charge in [0.25, 0.3) is 0 Å². The van der Waals surface area contributed by atoms with E-state index in [-0.39, 0.29) is 5.91 Å². The molecule has 19 heavy (non-hydrogen) atoms. The SMILES string of the molecule is CNC(=O)[C@H]1CN(Cc2nc(C3CC3)no2)CCO1. The fraction of sp³-hybridized carbons (Fsp3) is 0.750. The summed E-state index contributed by atoms with van der Waals surface area (Å²) in [5.74, 6) is 1.86. The molecule has 1 saturated heterocycles. The van der Waals surface area contributed by atoms with Crippen LogP contribution in [0.15, 0.2) is 4.52 Å². The van der Waals surface area contributed by atoms with Crippen molar-refractivity contribution in [3.05, 3.63) is 11.7 Å². The van der Waals surface area contributed by atoms with Gasteiger partial charge in [-0.3, -0.25) is 9.69 Å². The first-order chi connectivity index (χ1) is 9.26. The third-order valence-corrected chi connectivity index (χ3v) is 3.47. The Morgan fingerprint density at radius 3 is 3.11 bits per heavy atom. The van der Waals surface area contributed by atoms with Gasteiger partial charge < -0.3 is 14.6 Å². The second kappa shape index (κ2) is 5.26. The molecule has 0 unspecified atom stereocenters. The van der Waals surface area contributed by atoms with Gasteiger partial charge in [-0.15, -0.1) is 0 Å². The van der Waals surface area contributed by atoms with E-state index in [1.165, 1.54) is 0 Å². The van der Waals surface area contributed by atoms with Crippen molar-refractivity contribution in [3.8, 4) is 0 Å². The summed E-state index contributed by atoms with van der Waals surface area (Å²) in [4.78, 5) is 18.1. The topological polar surface area (TPSA) is 80.5 Å². The normalized spacial score (nSPS) is 24.4. The molecular formula is C12H18N4O3. The van der Waals surface area contributed by atoms with Crippen LogP contribution >= 0.6 is 0 Å². The maximum Gasteiger partial charge on any atom is 0.250 e. The van der Waals surface area contributed by atoms with E-state index in [0.717, 1.165) is 25.2 Å². The molecule has 1 atom stereocenters. The van der Waals surface area contributed by atoms with Crippen LogP contribution < -0.4 is 5.32 Å². The molecule has 2 heterocycles. The molecule has 0 bridgehead atoms. The molecule has 7 nitrogen and oxygen atoms in total. The number of likely N-dealkylation sites (N-methyl/N-ethyl adjacent to an activating group) is 1. The molecule has 1 aliphatic heterocycles. The lowest BCUT2D eigenvalue weighted by Crippen LogP contribution is -2.48. The fourth-order valence-electron chi connectivity index (χ4n) is 2.20. The Labute approximate surface area is 111 Å². The smallest absolute Gasteiger partial charge is 0.250 e. The summed E-state index contributed by atoms with van der Waals surface area (Å²) in [6, 6.07) is 0. The minimum Gasteiger partial charge on any atom is -0.366 e. The quantitative estimate of drug-likeness (QED) is 0.819. The van der Waals surface area contributed by atoms with Gasteiger partial charge in [0.05, 0.1) is 13.2 Å². The van der Waals surface area contributed by atoms with E-state index >= 15 is 0 Å². The van der Waals surface area contributed by atoms with E-state index < -0.39 is 6.10 Å². The van der Waals surface area contributed by atoms with E-state index in [2.05, 4.69) is 20.4 Å². The Morgan fingerprint density at radius 2 is 2.37 bits per heavy atom. The molecule has 0 aromatic carbocycles. The predicted octanol–water partition coefficient (Wildman–Crippen LogP) is -0.106. The first kappa shape index (κ1) is 12.6. The summed E-state index contributed by atoms with van der Waals surface area (Å²) in [6.07, 6.45) is 1.91. The van der Waals surface area contributed by atoms with Crippen LogP contribution in [0, 0.1) is 0 Å². The highest BCUT2D eigenvalue weighted by Crippen LogP contribution is 2.38. The molecule has 2 fully saturated rings. The largest absolute Gasteiger partial charge is 0.366 e. The van der Waals surface area contributed by atoms with E-state index in [9.17, 15) is 4.79 Å². The third kappa shape index (κ3) is 2.93. The molecule has 2 aliphatic rings. The van der Waals surface area contributed by atoms with Crippen LogP contribution in [-0.4, -0.2) is 53.8 Å². The van der Waals surface area contributed by atoms with Gasteiger partial charge >= 0.3 is 0 Å². The standard InChI is InChI=1S/C12H18N4O3/c1-13-12(17)9-6-16(4-5-18-9)7-10-14-11(15-19-10)8-2-3-8/h8-9H,2-7H2,1H3,(H,13,17)/t9-/m1/s1. The molecule has 3 rings (SSSR count). The van der Waals surface area contributed by atoms with E-state index in [0.29, 0.717) is 31.5 Å². The first-order valence-corrected chi connectivity index (χ1v) is 6.64. The second-order valence-corrected chi connectivity index (χ2v) is 5.03. The molecule has 104 valence electrons. The molecule has 7 heteroatoms. The maximum atomic E-state index is 11.6. The number of amides is 1. The molecule has 1 aromatic heterocycles. The summed E-state index contributed by atoms with van der Waals surface area (Å²) in [6.45, 7) is 2.45. The number of morpholine rings is 1. The minimum absolute atomic E-state index is 0.0890. The minimum atomic E-state index is -0.412. The summed E-state index contributed by atoms with van der Waals surface area (Å²) in [7, 11) is 1.62. The summed E-state index contributed by atoms with van der Waals surface area (Å²) in [5.41, 5.74) is 0. The van der Waals surface area contributed by atoms with Crippen molar-refractivity contribution >= 4 is 5.91 Å². The maximum absolute atomic E-state index is 11.6. The van der Waals surface area contributed by atoms with Gasteiger partial charge in [0.1, 0.15) is 6.10 Å². The summed E-state index contributed by atoms with van der Waals surface area (Å²) >= 11 is 0. The van der Waals surface area contributed by atoms with Crippen LogP contribution in [0.5, 0.6) is 0 Å². The molecule has 0 radical (unpaired) electrons. The second-order valence-electron chi connectivity index (χ2n) is 5.03. The van der Waals surface area contributed by atoms with Crippen molar-refractivity contribution in [2.24, 2.45) is 0 Å². The summed E-state index contributed by atoms with van der Waals surface area (Å²) in [5, 5.41) is 6.60. The van der Waals surface area contributed by atoms with Gasteiger partial charge in [-0.2, -0.15) is 4.98 Å². The van der Waals surface area contributed by atoms with Crippen molar-refractivity contribution in [1.29, 1.82) is 0 Å². The Balaban J connectivity index is 1.57. The Hall–Kier alpha value is -1.47. The highest BCUT2D eigenvalue weighted by Gasteiger charge is 2.30. The van der Waals surface area contributed by atoms with Crippen molar-refractivity contribution in [2.45, 2.75) is 31.4 Å². The lowest BCUT2D eigenvalue weighted by atomic mass is 10.2. The van der Waals surface area contributed by atoms with Crippen molar-refractivity contribution in [2.75, 3.05) is 26.7 Å². The van der Waals surface area contributed by atoms with Crippen LogP contribution in [0.1, 0.15) is 30.5 Å². The molecule has 1 aromatic rings. The zero-order valence-corrected chi connectivity index (χ0v) is 11.0. The van der Waals surface area contributed by atoms with E-state index in [1.54, 1.807) is 7.05 Å². The summed E-state index contributed by atoms with van der Waals surface area (Å²) < 4.78 is 10.7. The average Bonchev–Trinajstić information content (AvgIpc) is 3.19. The molecule has 1 aliphatic carbocycles. The highest BCUT2D eigenvalue weighted by molar-refractivity contribution is 5.80. The van der Waals surface area contributed by atoms with Crippen LogP contribution in [0.2, 0.25) is 0 Å². The molecule has 1 saturated carbocycles. The number of hydrogen-bond acceptors (Lipinski definition) is 6. The first-order valence-electron chi connectivity index (χ1n) is 6.64. The highest BCUT2D eigenvalue weighted by atomic mass is 16.5. The van der Waals surface area contributed by atoms with Gasteiger partial charge in [-0.05, 0) is 12.8 Å². The lowest BCUT2D eigenvalue weighted by Gasteiger charge is -2.30. The van der Waals surface area contributed by atoms with Crippen molar-refractivity contribution in [3.63, 3.8) is 0 Å². The van der Waals surface area contributed by atoms with Crippen LogP contribution in [0.4, 0.5) is 0 Å². The van der Waals surface area contributed by atoms with Gasteiger partial charge in [0, 0.05) is 26.1 Å². The lowest BCUT2D eigenvalue weighted by molar-refractivity contribution is -0.138. The Kier molecular flexibility index (Phi) is 3.48. The number of rotatable bonds is 4. The molecule has 1 N–H and O–H groups in total. The van der Waals surface area contributed by atoms with Crippen LogP contribution in [-0.2, 0) is 16.1 Å². The monoisotopic (exact) mass is 266 g/mol. The molecular weight excluding hydrogens is 248 g/mol. The van der Waals surface area contributed by atoms with Crippen LogP contribution in [0.3, 0.4) is 0 Å². The van der Waals surface area contributed by atoms with Gasteiger partial charge in [-0.1, -0.05) is 5.16 Å². The Morgan fingerprint density at radius 1 is 1.53 bits per heavy atom. The third-order valence-electron chi connectivity index (χ3n) is 3.47. The average molecular weight is 266 g/mol. The number of carbonyl (C=O) groups excluding carboxylic acids is 1. The van der Waals surface area contributed by atoms with Crippen LogP contribution in [0.25, 0.3) is 0 Å². The number of ether oxygens (including phenoxy) is 1. The zero-order chi connectivity index (χ0) is 13.2. The molecule has 1 amide bonds. The number of nitrogens with one attached hydrogen (secondary N) is 1. The van der Waals surface area contributed by atoms with E-state index in [4.69, 9.17) is 9.26 Å². The number of carbonyl (C=O) groups is 1. The fourth-order valence-corrected chi connectivity index (χ4v) is 2.20. The van der Waals surface area contributed by atoms with Crippen molar-refractivity contribution in [1.82, 2.24) is 20.4 Å². The van der Waals surface area contributed by atoms with E-state index in [1.807, 2.05) is 0 Å². The Bertz CT molecular complexity index is 458. The van der Waals surface area contributed by atoms with Gasteiger partial charge in [-0.25, -0.2) is 0 Å². The van der Waals surface area contributed by atoms with Gasteiger partial charge in [0.15, 0.2) is 5.82 Å². The number of aromatic nitrogens is 2. The predicted molar refractivity (Wildman–Crippen MR) is 65.4 cm³/mol. The van der Waals surface area contributed by atoms with Crippen molar-refractivity contribution < 1.29 is 14.1 Å². The van der Waals surface area contributed by atoms with Gasteiger partial charge in [0.2, 0.25) is 11.8 Å². The number of hydrogen-bond donors (Lipinski definition) is 1.